The van der Waals surface area contributed by atoms with Crippen LogP contribution in [0, 0.1) is 0 Å². The number of carbonyl (C=O) groups excluding carboxylic acids is 3. The van der Waals surface area contributed by atoms with Gasteiger partial charge in [0.05, 0.1) is 22.7 Å². The van der Waals surface area contributed by atoms with Gasteiger partial charge in [-0.05, 0) is 38.5 Å². The lowest BCUT2D eigenvalue weighted by atomic mass is 10.1. The molecule has 7 nitrogen and oxygen atoms in total. The summed E-state index contributed by atoms with van der Waals surface area (Å²) >= 11 is 13.3. The monoisotopic (exact) mass is 512 g/mol. The molecule has 2 rings (SSSR count). The van der Waals surface area contributed by atoms with Crippen molar-refractivity contribution >= 4 is 57.4 Å². The van der Waals surface area contributed by atoms with Crippen LogP contribution >= 0.6 is 34.5 Å². The molecule has 10 heteroatoms. The van der Waals surface area contributed by atoms with Gasteiger partial charge in [-0.3, -0.25) is 14.4 Å². The van der Waals surface area contributed by atoms with Crippen LogP contribution in [0.2, 0.25) is 10.0 Å². The van der Waals surface area contributed by atoms with Crippen LogP contribution < -0.4 is 10.6 Å². The second kappa shape index (κ2) is 13.5. The Balaban J connectivity index is 1.90. The van der Waals surface area contributed by atoms with E-state index in [1.165, 1.54) is 22.3 Å². The average Bonchev–Trinajstić information content (AvgIpc) is 3.17. The van der Waals surface area contributed by atoms with Crippen LogP contribution in [0.4, 0.5) is 5.13 Å². The molecule has 3 amide bonds. The molecule has 180 valence electrons. The van der Waals surface area contributed by atoms with Gasteiger partial charge in [-0.2, -0.15) is 0 Å². The van der Waals surface area contributed by atoms with E-state index in [1.807, 2.05) is 13.8 Å². The first-order valence-corrected chi connectivity index (χ1v) is 12.6. The van der Waals surface area contributed by atoms with Crippen molar-refractivity contribution in [3.63, 3.8) is 0 Å². The summed E-state index contributed by atoms with van der Waals surface area (Å²) in [4.78, 5) is 43.3. The Morgan fingerprint density at radius 2 is 1.88 bits per heavy atom. The van der Waals surface area contributed by atoms with Gasteiger partial charge < -0.3 is 15.5 Å². The Morgan fingerprint density at radius 3 is 2.55 bits per heavy atom. The van der Waals surface area contributed by atoms with Gasteiger partial charge in [0.2, 0.25) is 11.8 Å². The number of halogens is 2. The highest BCUT2D eigenvalue weighted by Crippen LogP contribution is 2.23. The highest BCUT2D eigenvalue weighted by Gasteiger charge is 2.24. The van der Waals surface area contributed by atoms with Gasteiger partial charge in [0.25, 0.3) is 5.91 Å². The number of benzene rings is 1. The van der Waals surface area contributed by atoms with Crippen molar-refractivity contribution in [2.75, 3.05) is 18.4 Å². The second-order valence-electron chi connectivity index (χ2n) is 7.93. The fraction of sp³-hybridized carbons (Fsp3) is 0.478. The molecule has 2 aromatic rings. The Morgan fingerprint density at radius 1 is 1.12 bits per heavy atom. The summed E-state index contributed by atoms with van der Waals surface area (Å²) < 4.78 is 0. The van der Waals surface area contributed by atoms with E-state index < -0.39 is 0 Å². The number of hydrogen-bond donors (Lipinski definition) is 2. The van der Waals surface area contributed by atoms with Crippen LogP contribution in [0.3, 0.4) is 0 Å². The summed E-state index contributed by atoms with van der Waals surface area (Å²) in [5, 5.41) is 8.37. The zero-order valence-corrected chi connectivity index (χ0v) is 21.4. The number of nitrogens with zero attached hydrogens (tertiary/aromatic N) is 2. The van der Waals surface area contributed by atoms with E-state index in [4.69, 9.17) is 23.2 Å². The topological polar surface area (TPSA) is 91.4 Å². The number of anilines is 1. The molecular weight excluding hydrogens is 483 g/mol. The van der Waals surface area contributed by atoms with E-state index in [0.29, 0.717) is 22.4 Å². The normalized spacial score (nSPS) is 10.8. The van der Waals surface area contributed by atoms with Crippen LogP contribution in [0.1, 0.15) is 62.5 Å². The van der Waals surface area contributed by atoms with E-state index in [0.717, 1.165) is 25.7 Å². The van der Waals surface area contributed by atoms with Gasteiger partial charge in [-0.25, -0.2) is 4.98 Å². The van der Waals surface area contributed by atoms with Gasteiger partial charge >= 0.3 is 0 Å². The van der Waals surface area contributed by atoms with Crippen LogP contribution in [-0.4, -0.2) is 46.7 Å². The van der Waals surface area contributed by atoms with Crippen molar-refractivity contribution in [1.29, 1.82) is 0 Å². The molecule has 0 unspecified atom stereocenters. The van der Waals surface area contributed by atoms with E-state index in [9.17, 15) is 14.4 Å². The van der Waals surface area contributed by atoms with Crippen LogP contribution in [-0.2, 0) is 16.0 Å². The largest absolute Gasteiger partial charge is 0.356 e. The van der Waals surface area contributed by atoms with E-state index in [1.54, 1.807) is 17.5 Å². The molecule has 0 saturated carbocycles. The maximum Gasteiger partial charge on any atom is 0.256 e. The third-order valence-corrected chi connectivity index (χ3v) is 6.21. The first kappa shape index (κ1) is 27.1. The van der Waals surface area contributed by atoms with Gasteiger partial charge in [-0.1, -0.05) is 49.4 Å². The van der Waals surface area contributed by atoms with E-state index in [-0.39, 0.29) is 47.3 Å². The third-order valence-electron chi connectivity index (χ3n) is 4.85. The van der Waals surface area contributed by atoms with Crippen LogP contribution in [0.15, 0.2) is 23.6 Å². The van der Waals surface area contributed by atoms with Crippen molar-refractivity contribution in [2.45, 2.75) is 58.9 Å². The number of rotatable bonds is 12. The lowest BCUT2D eigenvalue weighted by Crippen LogP contribution is -2.42. The molecule has 0 radical (unpaired) electrons. The molecular formula is C23H30Cl2N4O3S. The molecule has 0 aliphatic rings. The molecule has 1 aromatic carbocycles. The van der Waals surface area contributed by atoms with Gasteiger partial charge in [0.15, 0.2) is 5.13 Å². The van der Waals surface area contributed by atoms with Gasteiger partial charge in [0.1, 0.15) is 6.54 Å². The predicted molar refractivity (Wildman–Crippen MR) is 134 cm³/mol. The molecule has 2 N–H and O–H groups in total. The molecule has 1 heterocycles. The zero-order chi connectivity index (χ0) is 24.4. The summed E-state index contributed by atoms with van der Waals surface area (Å²) in [7, 11) is 0. The molecule has 0 aliphatic carbocycles. The van der Waals surface area contributed by atoms with Crippen molar-refractivity contribution in [1.82, 2.24) is 15.2 Å². The highest BCUT2D eigenvalue weighted by molar-refractivity contribution is 7.13. The number of aromatic nitrogens is 1. The fourth-order valence-corrected chi connectivity index (χ4v) is 4.29. The van der Waals surface area contributed by atoms with Crippen molar-refractivity contribution in [3.05, 3.63) is 44.9 Å². The van der Waals surface area contributed by atoms with E-state index in [2.05, 4.69) is 22.5 Å². The van der Waals surface area contributed by atoms with Gasteiger partial charge in [-0.15, -0.1) is 11.3 Å². The number of thiazole rings is 1. The Bertz CT molecular complexity index is 965. The summed E-state index contributed by atoms with van der Waals surface area (Å²) in [5.41, 5.74) is 0.867. The third kappa shape index (κ3) is 8.95. The number of amides is 3. The minimum atomic E-state index is -0.386. The van der Waals surface area contributed by atoms with Crippen molar-refractivity contribution < 1.29 is 14.4 Å². The summed E-state index contributed by atoms with van der Waals surface area (Å²) in [6.07, 6.45) is 4.54. The number of nitrogens with one attached hydrogen (secondary N) is 2. The predicted octanol–water partition coefficient (Wildman–Crippen LogP) is 5.18. The summed E-state index contributed by atoms with van der Waals surface area (Å²) in [6, 6.07) is 4.38. The Kier molecular flexibility index (Phi) is 11.1. The first-order chi connectivity index (χ1) is 15.7. The number of hydrogen-bond acceptors (Lipinski definition) is 5. The quantitative estimate of drug-likeness (QED) is 0.383. The molecule has 0 saturated heterocycles. The molecule has 0 bridgehead atoms. The smallest absolute Gasteiger partial charge is 0.256 e. The molecule has 0 aliphatic heterocycles. The maximum absolute atomic E-state index is 12.9. The number of carbonyl (C=O) groups is 3. The highest BCUT2D eigenvalue weighted by atomic mass is 35.5. The molecule has 0 atom stereocenters. The van der Waals surface area contributed by atoms with Crippen molar-refractivity contribution in [2.24, 2.45) is 0 Å². The first-order valence-electron chi connectivity index (χ1n) is 11.0. The number of unbranched alkanes of at least 4 members (excludes halogenated alkanes) is 3. The van der Waals surface area contributed by atoms with Crippen molar-refractivity contribution in [3.8, 4) is 0 Å². The summed E-state index contributed by atoms with van der Waals surface area (Å²) in [6.45, 7) is 6.27. The standard InChI is InChI=1S/C23H30Cl2N4O3S/c1-4-5-6-7-10-26-20(30)12-17-14-33-23(27-17)28-21(31)13-29(15(2)3)22(32)18-9-8-16(24)11-19(18)25/h8-9,11,14-15H,4-7,10,12-13H2,1-3H3,(H,26,30)(H,27,28,31). The van der Waals surface area contributed by atoms with E-state index >= 15 is 0 Å². The molecule has 0 spiro atoms. The summed E-state index contributed by atoms with van der Waals surface area (Å²) in [5.74, 6) is -0.841. The lowest BCUT2D eigenvalue weighted by molar-refractivity contribution is -0.120. The zero-order valence-electron chi connectivity index (χ0n) is 19.1. The van der Waals surface area contributed by atoms with Crippen LogP contribution in [0.5, 0.6) is 0 Å². The lowest BCUT2D eigenvalue weighted by Gasteiger charge is -2.26. The minimum absolute atomic E-state index is 0.0916. The minimum Gasteiger partial charge on any atom is -0.356 e. The van der Waals surface area contributed by atoms with Gasteiger partial charge in [0, 0.05) is 23.0 Å². The SMILES string of the molecule is CCCCCCNC(=O)Cc1csc(NC(=O)CN(C(=O)c2ccc(Cl)cc2Cl)C(C)C)n1. The molecule has 33 heavy (non-hydrogen) atoms. The molecule has 0 fully saturated rings. The Labute approximate surface area is 208 Å². The fourth-order valence-electron chi connectivity index (χ4n) is 3.07. The average molecular weight is 513 g/mol. The molecule has 1 aromatic heterocycles. The van der Waals surface area contributed by atoms with Crippen LogP contribution in [0.25, 0.3) is 0 Å². The second-order valence-corrected chi connectivity index (χ2v) is 9.63. The maximum atomic E-state index is 12.9. The Hall–Kier alpha value is -2.16.